The first-order valence-electron chi connectivity index (χ1n) is 8.83. The van der Waals surface area contributed by atoms with Crippen LogP contribution in [0.1, 0.15) is 35.4 Å². The van der Waals surface area contributed by atoms with Crippen LogP contribution in [0.5, 0.6) is 11.5 Å². The van der Waals surface area contributed by atoms with Gasteiger partial charge in [0.25, 0.3) is 5.91 Å². The van der Waals surface area contributed by atoms with E-state index in [-0.39, 0.29) is 23.1 Å². The third kappa shape index (κ3) is 5.60. The number of aliphatic hydroxyl groups is 1. The SMILES string of the molecule is CC(CCNCC(O)c1ccc(O)c(C(N)=O)c1)N(C)c1ccc(O)cc1. The third-order valence-electron chi connectivity index (χ3n) is 4.67. The van der Waals surface area contributed by atoms with E-state index < -0.39 is 12.0 Å². The lowest BCUT2D eigenvalue weighted by Gasteiger charge is -2.27. The maximum atomic E-state index is 11.3. The number of anilines is 1. The Labute approximate surface area is 159 Å². The first-order valence-corrected chi connectivity index (χ1v) is 8.83. The van der Waals surface area contributed by atoms with E-state index in [0.717, 1.165) is 12.1 Å². The molecule has 7 heteroatoms. The average Bonchev–Trinajstić information content (AvgIpc) is 2.65. The number of rotatable bonds is 9. The minimum Gasteiger partial charge on any atom is -0.508 e. The van der Waals surface area contributed by atoms with Gasteiger partial charge in [-0.25, -0.2) is 0 Å². The number of aliphatic hydroxyl groups excluding tert-OH is 1. The molecule has 0 fully saturated rings. The molecule has 2 atom stereocenters. The number of primary amides is 1. The molecule has 0 heterocycles. The Morgan fingerprint density at radius 2 is 1.85 bits per heavy atom. The molecule has 0 bridgehead atoms. The van der Waals surface area contributed by atoms with Gasteiger partial charge in [0.2, 0.25) is 0 Å². The van der Waals surface area contributed by atoms with Crippen molar-refractivity contribution in [1.29, 1.82) is 0 Å². The lowest BCUT2D eigenvalue weighted by Crippen LogP contribution is -2.33. The van der Waals surface area contributed by atoms with Crippen molar-refractivity contribution in [2.24, 2.45) is 5.73 Å². The second-order valence-corrected chi connectivity index (χ2v) is 6.63. The average molecular weight is 373 g/mol. The predicted octanol–water partition coefficient (Wildman–Crippen LogP) is 1.73. The van der Waals surface area contributed by atoms with E-state index in [1.165, 1.54) is 12.1 Å². The van der Waals surface area contributed by atoms with Crippen LogP contribution in [-0.2, 0) is 0 Å². The molecule has 1 amide bonds. The molecule has 0 saturated carbocycles. The summed E-state index contributed by atoms with van der Waals surface area (Å²) in [5.41, 5.74) is 6.74. The Kier molecular flexibility index (Phi) is 7.04. The zero-order chi connectivity index (χ0) is 20.0. The molecule has 6 N–H and O–H groups in total. The maximum absolute atomic E-state index is 11.3. The summed E-state index contributed by atoms with van der Waals surface area (Å²) in [4.78, 5) is 13.4. The number of nitrogens with one attached hydrogen (secondary N) is 1. The number of amides is 1. The van der Waals surface area contributed by atoms with Crippen LogP contribution in [0, 0.1) is 0 Å². The predicted molar refractivity (Wildman–Crippen MR) is 105 cm³/mol. The summed E-state index contributed by atoms with van der Waals surface area (Å²) < 4.78 is 0. The molecule has 0 saturated heterocycles. The van der Waals surface area contributed by atoms with E-state index in [1.807, 2.05) is 19.2 Å². The number of phenols is 2. The molecule has 0 aliphatic carbocycles. The van der Waals surface area contributed by atoms with E-state index in [2.05, 4.69) is 17.1 Å². The van der Waals surface area contributed by atoms with Gasteiger partial charge in [0.05, 0.1) is 11.7 Å². The van der Waals surface area contributed by atoms with E-state index in [1.54, 1.807) is 18.2 Å². The van der Waals surface area contributed by atoms with Crippen LogP contribution in [-0.4, -0.2) is 47.4 Å². The largest absolute Gasteiger partial charge is 0.508 e. The van der Waals surface area contributed by atoms with Crippen molar-refractivity contribution in [3.8, 4) is 11.5 Å². The number of hydrogen-bond donors (Lipinski definition) is 5. The molecule has 0 radical (unpaired) electrons. The Bertz CT molecular complexity index is 764. The molecule has 0 aromatic heterocycles. The first-order chi connectivity index (χ1) is 12.8. The van der Waals surface area contributed by atoms with Crippen molar-refractivity contribution >= 4 is 11.6 Å². The van der Waals surface area contributed by atoms with Gasteiger partial charge in [0.1, 0.15) is 11.5 Å². The summed E-state index contributed by atoms with van der Waals surface area (Å²) in [5.74, 6) is -0.692. The van der Waals surface area contributed by atoms with Gasteiger partial charge < -0.3 is 31.3 Å². The monoisotopic (exact) mass is 373 g/mol. The van der Waals surface area contributed by atoms with E-state index in [9.17, 15) is 20.1 Å². The number of benzene rings is 2. The fraction of sp³-hybridized carbons (Fsp3) is 0.350. The van der Waals surface area contributed by atoms with Crippen molar-refractivity contribution in [3.63, 3.8) is 0 Å². The maximum Gasteiger partial charge on any atom is 0.252 e. The Morgan fingerprint density at radius 1 is 1.19 bits per heavy atom. The summed E-state index contributed by atoms with van der Waals surface area (Å²) in [5, 5.41) is 32.4. The zero-order valence-electron chi connectivity index (χ0n) is 15.6. The van der Waals surface area contributed by atoms with Gasteiger partial charge >= 0.3 is 0 Å². The first kappa shape index (κ1) is 20.5. The summed E-state index contributed by atoms with van der Waals surface area (Å²) in [7, 11) is 1.99. The number of carbonyl (C=O) groups is 1. The molecule has 0 aliphatic rings. The van der Waals surface area contributed by atoms with Crippen LogP contribution in [0.15, 0.2) is 42.5 Å². The molecule has 146 valence electrons. The van der Waals surface area contributed by atoms with E-state index >= 15 is 0 Å². The highest BCUT2D eigenvalue weighted by molar-refractivity contribution is 5.95. The fourth-order valence-corrected chi connectivity index (χ4v) is 2.76. The van der Waals surface area contributed by atoms with Crippen LogP contribution in [0.4, 0.5) is 5.69 Å². The summed E-state index contributed by atoms with van der Waals surface area (Å²) in [6, 6.07) is 11.6. The van der Waals surface area contributed by atoms with Crippen molar-refractivity contribution < 1.29 is 20.1 Å². The molecular weight excluding hydrogens is 346 g/mol. The topological polar surface area (TPSA) is 119 Å². The molecule has 0 aliphatic heterocycles. The standard InChI is InChI=1S/C20H27N3O4/c1-13(23(2)15-4-6-16(24)7-5-15)9-10-22-12-19(26)14-3-8-18(25)17(11-14)20(21)27/h3-8,11,13,19,22,24-26H,9-10,12H2,1-2H3,(H2,21,27). The molecule has 2 aromatic carbocycles. The van der Waals surface area contributed by atoms with Gasteiger partial charge in [-0.05, 0) is 61.9 Å². The Balaban J connectivity index is 1.81. The molecular formula is C20H27N3O4. The molecule has 2 unspecified atom stereocenters. The molecule has 27 heavy (non-hydrogen) atoms. The van der Waals surface area contributed by atoms with Crippen molar-refractivity contribution in [2.75, 3.05) is 25.0 Å². The van der Waals surface area contributed by atoms with Gasteiger partial charge in [0, 0.05) is 25.3 Å². The number of phenolic OH excluding ortho intramolecular Hbond substituents is 1. The molecule has 2 aromatic rings. The summed E-state index contributed by atoms with van der Waals surface area (Å²) in [6.45, 7) is 3.12. The number of nitrogens with zero attached hydrogens (tertiary/aromatic N) is 1. The molecule has 2 rings (SSSR count). The molecule has 0 spiro atoms. The van der Waals surface area contributed by atoms with Crippen LogP contribution >= 0.6 is 0 Å². The Morgan fingerprint density at radius 3 is 2.48 bits per heavy atom. The van der Waals surface area contributed by atoms with Crippen LogP contribution in [0.25, 0.3) is 0 Å². The lowest BCUT2D eigenvalue weighted by molar-refractivity contribution is 0.0997. The van der Waals surface area contributed by atoms with Crippen molar-refractivity contribution in [2.45, 2.75) is 25.5 Å². The highest BCUT2D eigenvalue weighted by Gasteiger charge is 2.14. The lowest BCUT2D eigenvalue weighted by atomic mass is 10.0. The second-order valence-electron chi connectivity index (χ2n) is 6.63. The number of carbonyl (C=O) groups excluding carboxylic acids is 1. The number of aromatic hydroxyl groups is 2. The third-order valence-corrected chi connectivity index (χ3v) is 4.67. The minimum absolute atomic E-state index is 0.00399. The second kappa shape index (κ2) is 9.25. The minimum atomic E-state index is -0.811. The fourth-order valence-electron chi connectivity index (χ4n) is 2.76. The van der Waals surface area contributed by atoms with Gasteiger partial charge in [-0.2, -0.15) is 0 Å². The highest BCUT2D eigenvalue weighted by atomic mass is 16.3. The summed E-state index contributed by atoms with van der Waals surface area (Å²) >= 11 is 0. The van der Waals surface area contributed by atoms with Crippen molar-refractivity contribution in [3.05, 3.63) is 53.6 Å². The highest BCUT2D eigenvalue weighted by Crippen LogP contribution is 2.22. The number of hydrogen-bond acceptors (Lipinski definition) is 6. The van der Waals surface area contributed by atoms with Crippen LogP contribution in [0.2, 0.25) is 0 Å². The molecule has 7 nitrogen and oxygen atoms in total. The zero-order valence-corrected chi connectivity index (χ0v) is 15.6. The van der Waals surface area contributed by atoms with E-state index in [0.29, 0.717) is 18.7 Å². The van der Waals surface area contributed by atoms with Gasteiger partial charge in [0.15, 0.2) is 0 Å². The Hall–Kier alpha value is -2.77. The van der Waals surface area contributed by atoms with Crippen LogP contribution < -0.4 is 16.0 Å². The quantitative estimate of drug-likeness (QED) is 0.427. The normalized spacial score (nSPS) is 13.1. The number of nitrogens with two attached hydrogens (primary N) is 1. The van der Waals surface area contributed by atoms with Crippen LogP contribution in [0.3, 0.4) is 0 Å². The van der Waals surface area contributed by atoms with Gasteiger partial charge in [-0.1, -0.05) is 6.07 Å². The smallest absolute Gasteiger partial charge is 0.252 e. The summed E-state index contributed by atoms with van der Waals surface area (Å²) in [6.07, 6.45) is 0.0421. The van der Waals surface area contributed by atoms with Gasteiger partial charge in [-0.15, -0.1) is 0 Å². The van der Waals surface area contributed by atoms with Crippen molar-refractivity contribution in [1.82, 2.24) is 5.32 Å². The van der Waals surface area contributed by atoms with E-state index in [4.69, 9.17) is 5.73 Å². The van der Waals surface area contributed by atoms with Gasteiger partial charge in [-0.3, -0.25) is 4.79 Å².